The third kappa shape index (κ3) is 5.99. The van der Waals surface area contributed by atoms with Gasteiger partial charge in [0.25, 0.3) is 0 Å². The summed E-state index contributed by atoms with van der Waals surface area (Å²) >= 11 is 2.75. The van der Waals surface area contributed by atoms with Crippen LogP contribution in [0.3, 0.4) is 0 Å². The van der Waals surface area contributed by atoms with Gasteiger partial charge in [-0.2, -0.15) is 0 Å². The zero-order valence-corrected chi connectivity index (χ0v) is 20.6. The monoisotopic (exact) mass is 492 g/mol. The molecule has 1 N–H and O–H groups in total. The van der Waals surface area contributed by atoms with E-state index in [1.54, 1.807) is 12.1 Å². The highest BCUT2D eigenvalue weighted by Crippen LogP contribution is 2.33. The molecule has 3 rings (SSSR count). The number of ether oxygens (including phenoxy) is 1. The molecule has 1 aromatic heterocycles. The number of anilines is 2. The van der Waals surface area contributed by atoms with Gasteiger partial charge in [-0.1, -0.05) is 59.5 Å². The summed E-state index contributed by atoms with van der Waals surface area (Å²) in [4.78, 5) is 12.9. The number of nitrogens with one attached hydrogen (secondary N) is 1. The number of carbonyl (C=O) groups is 1. The average molecular weight is 493 g/mol. The second-order valence-corrected chi connectivity index (χ2v) is 11.1. The minimum Gasteiger partial charge on any atom is -0.495 e. The number of rotatable bonds is 9. The van der Waals surface area contributed by atoms with Crippen LogP contribution in [0.1, 0.15) is 18.1 Å². The summed E-state index contributed by atoms with van der Waals surface area (Å²) in [6.07, 6.45) is 1.06. The minimum absolute atomic E-state index is 0.300. The molecule has 0 saturated heterocycles. The van der Waals surface area contributed by atoms with E-state index < -0.39 is 22.0 Å². The maximum atomic E-state index is 12.9. The van der Waals surface area contributed by atoms with Crippen LogP contribution < -0.4 is 14.4 Å². The number of hydrogen-bond acceptors (Lipinski definition) is 8. The molecule has 1 atom stereocenters. The largest absolute Gasteiger partial charge is 0.495 e. The van der Waals surface area contributed by atoms with Gasteiger partial charge in [-0.05, 0) is 37.1 Å². The maximum Gasteiger partial charge on any atom is 0.249 e. The predicted molar refractivity (Wildman–Crippen MR) is 129 cm³/mol. The van der Waals surface area contributed by atoms with Crippen molar-refractivity contribution in [2.75, 3.05) is 23.0 Å². The number of thioether (sulfide) groups is 1. The number of hydrogen-bond donors (Lipinski definition) is 1. The summed E-state index contributed by atoms with van der Waals surface area (Å²) in [6.45, 7) is 3.36. The van der Waals surface area contributed by atoms with Gasteiger partial charge in [0.05, 0.1) is 19.1 Å². The number of carbonyl (C=O) groups excluding carboxylic acids is 1. The molecule has 1 heterocycles. The van der Waals surface area contributed by atoms with Crippen molar-refractivity contribution in [1.82, 2.24) is 10.2 Å². The van der Waals surface area contributed by atoms with Crippen LogP contribution in [0, 0.1) is 6.92 Å². The number of sulfonamides is 1. The van der Waals surface area contributed by atoms with Gasteiger partial charge >= 0.3 is 0 Å². The zero-order valence-electron chi connectivity index (χ0n) is 18.1. The van der Waals surface area contributed by atoms with E-state index in [1.165, 1.54) is 37.1 Å². The molecule has 0 aliphatic rings. The van der Waals surface area contributed by atoms with Crippen molar-refractivity contribution in [2.45, 2.75) is 30.0 Å². The van der Waals surface area contributed by atoms with Crippen molar-refractivity contribution in [3.63, 3.8) is 0 Å². The second-order valence-electron chi connectivity index (χ2n) is 7.05. The number of benzene rings is 2. The fourth-order valence-corrected chi connectivity index (χ4v) is 5.88. The Kier molecular flexibility index (Phi) is 7.75. The number of aromatic nitrogens is 2. The maximum absolute atomic E-state index is 12.9. The molecule has 170 valence electrons. The first-order chi connectivity index (χ1) is 15.2. The SMILES string of the molecule is COc1ccc(C)cc1N(C(C)C(=O)Nc1nnc(SCc2ccccc2)s1)S(C)(=O)=O. The van der Waals surface area contributed by atoms with Crippen molar-refractivity contribution < 1.29 is 17.9 Å². The van der Waals surface area contributed by atoms with E-state index in [4.69, 9.17) is 4.74 Å². The highest BCUT2D eigenvalue weighted by Gasteiger charge is 2.32. The first-order valence-electron chi connectivity index (χ1n) is 9.64. The summed E-state index contributed by atoms with van der Waals surface area (Å²) in [5, 5.41) is 11.1. The Balaban J connectivity index is 1.75. The van der Waals surface area contributed by atoms with Gasteiger partial charge in [0.15, 0.2) is 4.34 Å². The number of methoxy groups -OCH3 is 1. The second kappa shape index (κ2) is 10.3. The molecule has 0 spiro atoms. The standard InChI is InChI=1S/C21H24N4O4S3/c1-14-10-11-18(29-3)17(12-14)25(32(4,27)28)15(2)19(26)22-20-23-24-21(31-20)30-13-16-8-6-5-7-9-16/h5-12,15H,13H2,1-4H3,(H,22,23,26). The van der Waals surface area contributed by atoms with Crippen LogP contribution in [0.25, 0.3) is 0 Å². The van der Waals surface area contributed by atoms with E-state index in [2.05, 4.69) is 15.5 Å². The summed E-state index contributed by atoms with van der Waals surface area (Å²) in [7, 11) is -2.33. The molecule has 3 aromatic rings. The molecule has 11 heteroatoms. The Hall–Kier alpha value is -2.63. The molecule has 0 aliphatic heterocycles. The van der Waals surface area contributed by atoms with Gasteiger partial charge < -0.3 is 4.74 Å². The van der Waals surface area contributed by atoms with Crippen LogP contribution in [0.15, 0.2) is 52.9 Å². The summed E-state index contributed by atoms with van der Waals surface area (Å²) in [5.41, 5.74) is 2.29. The molecule has 0 aliphatic carbocycles. The van der Waals surface area contributed by atoms with E-state index in [0.29, 0.717) is 20.9 Å². The first kappa shape index (κ1) is 24.0. The van der Waals surface area contributed by atoms with Gasteiger partial charge in [0.2, 0.25) is 21.1 Å². The lowest BCUT2D eigenvalue weighted by Gasteiger charge is -2.29. The Labute approximate surface area is 196 Å². The fourth-order valence-electron chi connectivity index (χ4n) is 3.00. The van der Waals surface area contributed by atoms with Crippen LogP contribution in [0.2, 0.25) is 0 Å². The topological polar surface area (TPSA) is 101 Å². The minimum atomic E-state index is -3.78. The van der Waals surface area contributed by atoms with Crippen molar-refractivity contribution in [2.24, 2.45) is 0 Å². The Bertz CT molecular complexity index is 1180. The molecule has 0 fully saturated rings. The zero-order chi connectivity index (χ0) is 23.3. The normalized spacial score (nSPS) is 12.2. The summed E-state index contributed by atoms with van der Waals surface area (Å²) in [5.74, 6) is 0.570. The van der Waals surface area contributed by atoms with Gasteiger partial charge in [-0.3, -0.25) is 14.4 Å². The lowest BCUT2D eigenvalue weighted by molar-refractivity contribution is -0.116. The van der Waals surface area contributed by atoms with Gasteiger partial charge in [0, 0.05) is 5.75 Å². The van der Waals surface area contributed by atoms with Gasteiger partial charge in [-0.25, -0.2) is 8.42 Å². The molecule has 0 radical (unpaired) electrons. The molecular formula is C21H24N4O4S3. The van der Waals surface area contributed by atoms with Crippen LogP contribution >= 0.6 is 23.1 Å². The summed E-state index contributed by atoms with van der Waals surface area (Å²) < 4.78 is 32.3. The highest BCUT2D eigenvalue weighted by atomic mass is 32.2. The first-order valence-corrected chi connectivity index (χ1v) is 13.3. The van der Waals surface area contributed by atoms with Crippen LogP contribution in [0.5, 0.6) is 5.75 Å². The predicted octanol–water partition coefficient (Wildman–Crippen LogP) is 3.94. The number of nitrogens with zero attached hydrogens (tertiary/aromatic N) is 3. The van der Waals surface area contributed by atoms with E-state index in [0.717, 1.165) is 27.4 Å². The third-order valence-electron chi connectivity index (χ3n) is 4.50. The van der Waals surface area contributed by atoms with Crippen molar-refractivity contribution >= 4 is 49.8 Å². The molecule has 8 nitrogen and oxygen atoms in total. The van der Waals surface area contributed by atoms with Crippen LogP contribution in [0.4, 0.5) is 10.8 Å². The fraction of sp³-hybridized carbons (Fsp3) is 0.286. The van der Waals surface area contributed by atoms with E-state index >= 15 is 0 Å². The molecular weight excluding hydrogens is 468 g/mol. The van der Waals surface area contributed by atoms with E-state index in [-0.39, 0.29) is 0 Å². The smallest absolute Gasteiger partial charge is 0.249 e. The lowest BCUT2D eigenvalue weighted by atomic mass is 10.2. The Morgan fingerprint density at radius 2 is 1.94 bits per heavy atom. The highest BCUT2D eigenvalue weighted by molar-refractivity contribution is 8.00. The number of amides is 1. The Morgan fingerprint density at radius 1 is 1.22 bits per heavy atom. The quantitative estimate of drug-likeness (QED) is 0.357. The van der Waals surface area contributed by atoms with Gasteiger partial charge in [-0.15, -0.1) is 10.2 Å². The lowest BCUT2D eigenvalue weighted by Crippen LogP contribution is -2.45. The van der Waals surface area contributed by atoms with Crippen molar-refractivity contribution in [3.8, 4) is 5.75 Å². The molecule has 0 saturated carbocycles. The van der Waals surface area contributed by atoms with E-state index in [1.807, 2.05) is 43.3 Å². The van der Waals surface area contributed by atoms with E-state index in [9.17, 15) is 13.2 Å². The molecule has 1 unspecified atom stereocenters. The van der Waals surface area contributed by atoms with Gasteiger partial charge in [0.1, 0.15) is 11.8 Å². The van der Waals surface area contributed by atoms with Crippen molar-refractivity contribution in [3.05, 3.63) is 59.7 Å². The summed E-state index contributed by atoms with van der Waals surface area (Å²) in [6, 6.07) is 14.1. The molecule has 0 bridgehead atoms. The van der Waals surface area contributed by atoms with Crippen LogP contribution in [-0.4, -0.2) is 43.9 Å². The van der Waals surface area contributed by atoms with Crippen molar-refractivity contribution in [1.29, 1.82) is 0 Å². The average Bonchev–Trinajstić information content (AvgIpc) is 3.19. The Morgan fingerprint density at radius 3 is 2.59 bits per heavy atom. The molecule has 32 heavy (non-hydrogen) atoms. The molecule has 1 amide bonds. The number of aryl methyl sites for hydroxylation is 1. The third-order valence-corrected chi connectivity index (χ3v) is 7.77. The molecule has 2 aromatic carbocycles. The van der Waals surface area contributed by atoms with Crippen LogP contribution in [-0.2, 0) is 20.6 Å².